The number of pyridine rings is 1. The largest absolute Gasteiger partial charge is 0.491 e. The zero-order chi connectivity index (χ0) is 33.5. The number of ether oxygens (including phenoxy) is 2. The van der Waals surface area contributed by atoms with Gasteiger partial charge in [0.05, 0.1) is 12.6 Å². The Morgan fingerprint density at radius 3 is 2.56 bits per heavy atom. The molecule has 0 radical (unpaired) electrons. The fraction of sp³-hybridized carbons (Fsp3) is 0.324. The van der Waals surface area contributed by atoms with Gasteiger partial charge in [0.15, 0.2) is 0 Å². The van der Waals surface area contributed by atoms with Gasteiger partial charge in [-0.05, 0) is 71.1 Å². The fourth-order valence-corrected chi connectivity index (χ4v) is 6.21. The summed E-state index contributed by atoms with van der Waals surface area (Å²) in [5.41, 5.74) is 2.30. The Hall–Kier alpha value is -5.29. The highest BCUT2D eigenvalue weighted by Crippen LogP contribution is 2.23. The van der Waals surface area contributed by atoms with Crippen LogP contribution < -0.4 is 15.4 Å². The number of hydrogen-bond acceptors (Lipinski definition) is 7. The standard InChI is InChI=1S/C37H39N5O6/c1-41-33(36(45)39-20-26-9-11-27-5-2-3-6-28(27)17-26)23-47-24-35(44)42-21-30(40-34(43)12-10-25-13-15-38-16-14-25)19-31(42)22-48-32-8-4-7-29(18-32)37(41)46/h2-9,11,13-18,30-31,33H,10,12,19-24H2,1H3,(H,39,45)(H,40,43)/t30-,31-,33-/m0/s1. The summed E-state index contributed by atoms with van der Waals surface area (Å²) in [5.74, 6) is -0.695. The molecule has 2 aliphatic rings. The van der Waals surface area contributed by atoms with Gasteiger partial charge >= 0.3 is 0 Å². The summed E-state index contributed by atoms with van der Waals surface area (Å²) in [6.45, 7) is 0.283. The Bertz CT molecular complexity index is 1780. The lowest BCUT2D eigenvalue weighted by Crippen LogP contribution is -2.50. The van der Waals surface area contributed by atoms with Crippen LogP contribution in [0.25, 0.3) is 10.8 Å². The Balaban J connectivity index is 1.14. The number of hydrogen-bond donors (Lipinski definition) is 2. The first-order valence-corrected chi connectivity index (χ1v) is 16.1. The lowest BCUT2D eigenvalue weighted by atomic mass is 10.1. The molecule has 11 heteroatoms. The van der Waals surface area contributed by atoms with Gasteiger partial charge in [-0.2, -0.15) is 0 Å². The second-order valence-corrected chi connectivity index (χ2v) is 12.2. The molecule has 1 saturated heterocycles. The minimum absolute atomic E-state index is 0.0975. The minimum Gasteiger partial charge on any atom is -0.491 e. The van der Waals surface area contributed by atoms with E-state index in [1.54, 1.807) is 48.6 Å². The molecule has 0 aliphatic carbocycles. The van der Waals surface area contributed by atoms with Crippen LogP contribution in [-0.2, 0) is 32.1 Å². The molecule has 6 rings (SSSR count). The number of rotatable bonds is 7. The molecule has 248 valence electrons. The van der Waals surface area contributed by atoms with E-state index in [2.05, 4.69) is 15.6 Å². The van der Waals surface area contributed by atoms with Crippen molar-refractivity contribution in [3.8, 4) is 5.75 Å². The molecule has 3 heterocycles. The third-order valence-corrected chi connectivity index (χ3v) is 8.89. The van der Waals surface area contributed by atoms with Crippen LogP contribution in [0.3, 0.4) is 0 Å². The van der Waals surface area contributed by atoms with Crippen LogP contribution in [0.2, 0.25) is 0 Å². The van der Waals surface area contributed by atoms with Crippen molar-refractivity contribution in [2.24, 2.45) is 0 Å². The number of fused-ring (bicyclic) bond motifs is 4. The van der Waals surface area contributed by atoms with Crippen LogP contribution in [-0.4, -0.2) is 90.0 Å². The van der Waals surface area contributed by atoms with Crippen LogP contribution in [0.1, 0.15) is 34.3 Å². The van der Waals surface area contributed by atoms with E-state index in [4.69, 9.17) is 9.47 Å². The van der Waals surface area contributed by atoms with E-state index in [0.717, 1.165) is 21.9 Å². The molecule has 0 saturated carbocycles. The molecule has 1 aromatic heterocycles. The molecule has 2 bridgehead atoms. The maximum absolute atomic E-state index is 13.6. The first-order valence-electron chi connectivity index (χ1n) is 16.1. The van der Waals surface area contributed by atoms with E-state index in [1.165, 1.54) is 4.90 Å². The van der Waals surface area contributed by atoms with Crippen molar-refractivity contribution in [3.05, 3.63) is 108 Å². The summed E-state index contributed by atoms with van der Waals surface area (Å²) < 4.78 is 11.9. The van der Waals surface area contributed by atoms with Crippen molar-refractivity contribution in [2.75, 3.05) is 33.4 Å². The van der Waals surface area contributed by atoms with E-state index in [1.807, 2.05) is 54.6 Å². The molecule has 4 amide bonds. The number of nitrogens with one attached hydrogen (secondary N) is 2. The maximum atomic E-state index is 13.6. The molecule has 1 fully saturated rings. The second-order valence-electron chi connectivity index (χ2n) is 12.2. The number of benzene rings is 3. The highest BCUT2D eigenvalue weighted by Gasteiger charge is 2.37. The van der Waals surface area contributed by atoms with Crippen molar-refractivity contribution < 1.29 is 28.7 Å². The fourth-order valence-electron chi connectivity index (χ4n) is 6.21. The third kappa shape index (κ3) is 7.98. The van der Waals surface area contributed by atoms with E-state index >= 15 is 0 Å². The van der Waals surface area contributed by atoms with Gasteiger partial charge in [-0.1, -0.05) is 42.5 Å². The van der Waals surface area contributed by atoms with Gasteiger partial charge < -0.3 is 29.9 Å². The van der Waals surface area contributed by atoms with Crippen LogP contribution in [0, 0.1) is 0 Å². The molecule has 2 N–H and O–H groups in total. The molecule has 4 aromatic rings. The highest BCUT2D eigenvalue weighted by molar-refractivity contribution is 5.97. The summed E-state index contributed by atoms with van der Waals surface area (Å²) in [4.78, 5) is 60.4. The average molecular weight is 650 g/mol. The molecule has 3 aromatic carbocycles. The lowest BCUT2D eigenvalue weighted by Gasteiger charge is -2.29. The number of carbonyl (C=O) groups excluding carboxylic acids is 4. The topological polar surface area (TPSA) is 130 Å². The number of aryl methyl sites for hydroxylation is 1. The van der Waals surface area contributed by atoms with Crippen molar-refractivity contribution >= 4 is 34.4 Å². The number of aromatic nitrogens is 1. The van der Waals surface area contributed by atoms with Gasteiger partial charge in [0, 0.05) is 50.6 Å². The Morgan fingerprint density at radius 1 is 0.917 bits per heavy atom. The van der Waals surface area contributed by atoms with Gasteiger partial charge in [-0.15, -0.1) is 0 Å². The number of amides is 4. The quantitative estimate of drug-likeness (QED) is 0.315. The molecule has 48 heavy (non-hydrogen) atoms. The maximum Gasteiger partial charge on any atom is 0.254 e. The zero-order valence-corrected chi connectivity index (χ0v) is 26.8. The van der Waals surface area contributed by atoms with Crippen molar-refractivity contribution in [1.29, 1.82) is 0 Å². The predicted molar refractivity (Wildman–Crippen MR) is 179 cm³/mol. The summed E-state index contributed by atoms with van der Waals surface area (Å²) in [6, 6.07) is 22.9. The van der Waals surface area contributed by atoms with Crippen molar-refractivity contribution in [1.82, 2.24) is 25.4 Å². The zero-order valence-electron chi connectivity index (χ0n) is 26.8. The normalized spacial score (nSPS) is 20.1. The van der Waals surface area contributed by atoms with Crippen LogP contribution in [0.15, 0.2) is 91.3 Å². The van der Waals surface area contributed by atoms with Gasteiger partial charge in [-0.3, -0.25) is 24.2 Å². The second kappa shape index (κ2) is 15.1. The minimum atomic E-state index is -1.000. The van der Waals surface area contributed by atoms with Gasteiger partial charge in [0.2, 0.25) is 17.7 Å². The summed E-state index contributed by atoms with van der Waals surface area (Å²) >= 11 is 0. The molecule has 2 aliphatic heterocycles. The smallest absolute Gasteiger partial charge is 0.254 e. The number of likely N-dealkylation sites (N-methyl/N-ethyl adjacent to an activating group) is 1. The Labute approximate surface area is 279 Å². The van der Waals surface area contributed by atoms with Crippen LogP contribution in [0.4, 0.5) is 0 Å². The van der Waals surface area contributed by atoms with Gasteiger partial charge in [0.1, 0.15) is 25.0 Å². The van der Waals surface area contributed by atoms with Crippen LogP contribution >= 0.6 is 0 Å². The van der Waals surface area contributed by atoms with Crippen LogP contribution in [0.5, 0.6) is 5.75 Å². The van der Waals surface area contributed by atoms with Crippen molar-refractivity contribution in [3.63, 3.8) is 0 Å². The van der Waals surface area contributed by atoms with Crippen molar-refractivity contribution in [2.45, 2.75) is 43.9 Å². The number of carbonyl (C=O) groups is 4. The summed E-state index contributed by atoms with van der Waals surface area (Å²) in [5, 5.41) is 8.17. The monoisotopic (exact) mass is 649 g/mol. The number of nitrogens with zero attached hydrogens (tertiary/aromatic N) is 3. The lowest BCUT2D eigenvalue weighted by molar-refractivity contribution is -0.140. The average Bonchev–Trinajstić information content (AvgIpc) is 3.52. The van der Waals surface area contributed by atoms with E-state index in [-0.39, 0.29) is 56.2 Å². The highest BCUT2D eigenvalue weighted by atomic mass is 16.5. The third-order valence-electron chi connectivity index (χ3n) is 8.89. The molecule has 11 nitrogen and oxygen atoms in total. The SMILES string of the molecule is CN1C(=O)c2cccc(c2)OC[C@@H]2C[C@H](NC(=O)CCc3ccncc3)CN2C(=O)COC[C@H]1C(=O)NCc1ccc2ccccc2c1. The molecule has 0 spiro atoms. The first-order chi connectivity index (χ1) is 23.3. The molecular formula is C37H39N5O6. The van der Waals surface area contributed by atoms with Gasteiger partial charge in [-0.25, -0.2) is 0 Å². The molecule has 3 atom stereocenters. The first kappa shape index (κ1) is 32.6. The Kier molecular flexibility index (Phi) is 10.3. The van der Waals surface area contributed by atoms with E-state index < -0.39 is 11.9 Å². The molecular weight excluding hydrogens is 610 g/mol. The van der Waals surface area contributed by atoms with Gasteiger partial charge in [0.25, 0.3) is 5.91 Å². The molecule has 0 unspecified atom stereocenters. The van der Waals surface area contributed by atoms with E-state index in [0.29, 0.717) is 37.1 Å². The summed E-state index contributed by atoms with van der Waals surface area (Å²) in [7, 11) is 1.55. The predicted octanol–water partition coefficient (Wildman–Crippen LogP) is 3.12. The Morgan fingerprint density at radius 2 is 1.73 bits per heavy atom. The van der Waals surface area contributed by atoms with E-state index in [9.17, 15) is 19.2 Å². The summed E-state index contributed by atoms with van der Waals surface area (Å²) in [6.07, 6.45) is 4.81.